The number of ether oxygens (including phenoxy) is 1. The number of halogens is 3. The van der Waals surface area contributed by atoms with Crippen LogP contribution in [-0.2, 0) is 10.5 Å². The molecule has 2 unspecified atom stereocenters. The van der Waals surface area contributed by atoms with E-state index in [0.29, 0.717) is 5.75 Å². The molecule has 1 aliphatic rings. The van der Waals surface area contributed by atoms with E-state index in [0.717, 1.165) is 24.4 Å². The summed E-state index contributed by atoms with van der Waals surface area (Å²) in [7, 11) is 1.08. The molecular formula is C13H13F3N2O2S. The average Bonchev–Trinajstić information content (AvgIpc) is 2.44. The zero-order valence-corrected chi connectivity index (χ0v) is 11.9. The number of aliphatic hydroxyl groups is 1. The fourth-order valence-electron chi connectivity index (χ4n) is 1.77. The summed E-state index contributed by atoms with van der Waals surface area (Å²) in [4.78, 5) is 7.23. The number of alkyl halides is 3. The van der Waals surface area contributed by atoms with Crippen LogP contribution < -0.4 is 0 Å². The van der Waals surface area contributed by atoms with E-state index >= 15 is 0 Å². The lowest BCUT2D eigenvalue weighted by molar-refractivity contribution is -0.0767. The molecule has 0 aliphatic carbocycles. The molecule has 1 N–H and O–H groups in total. The maximum absolute atomic E-state index is 12.9. The topological polar surface area (TPSA) is 54.2 Å². The Morgan fingerprint density at radius 2 is 1.95 bits per heavy atom. The summed E-state index contributed by atoms with van der Waals surface area (Å²) in [6.07, 6.45) is -7.87. The van der Waals surface area contributed by atoms with Crippen LogP contribution in [0.15, 0.2) is 40.3 Å². The highest BCUT2D eigenvalue weighted by Gasteiger charge is 2.46. The minimum atomic E-state index is -4.67. The Morgan fingerprint density at radius 3 is 2.52 bits per heavy atom. The normalized spacial score (nSPS) is 22.7. The van der Waals surface area contributed by atoms with Crippen molar-refractivity contribution in [3.8, 4) is 0 Å². The van der Waals surface area contributed by atoms with Crippen LogP contribution in [0.2, 0.25) is 0 Å². The van der Waals surface area contributed by atoms with Crippen LogP contribution in [0.1, 0.15) is 5.56 Å². The largest absolute Gasteiger partial charge is 0.432 e. The lowest BCUT2D eigenvalue weighted by Crippen LogP contribution is -2.45. The van der Waals surface area contributed by atoms with E-state index in [9.17, 15) is 18.3 Å². The molecule has 0 saturated heterocycles. The molecule has 114 valence electrons. The number of methoxy groups -OCH3 is 1. The highest BCUT2D eigenvalue weighted by molar-refractivity contribution is 8.13. The predicted octanol–water partition coefficient (Wildman–Crippen LogP) is 2.63. The fourth-order valence-corrected chi connectivity index (χ4v) is 2.60. The van der Waals surface area contributed by atoms with Crippen LogP contribution in [-0.4, -0.2) is 41.6 Å². The maximum atomic E-state index is 12.9. The molecule has 0 fully saturated rings. The maximum Gasteiger partial charge on any atom is 0.432 e. The zero-order valence-electron chi connectivity index (χ0n) is 11.0. The van der Waals surface area contributed by atoms with Crippen molar-refractivity contribution in [3.63, 3.8) is 0 Å². The third-order valence-electron chi connectivity index (χ3n) is 2.75. The zero-order chi connectivity index (χ0) is 15.5. The Kier molecular flexibility index (Phi) is 5.02. The van der Waals surface area contributed by atoms with Crippen molar-refractivity contribution in [3.05, 3.63) is 35.9 Å². The van der Waals surface area contributed by atoms with Gasteiger partial charge in [0.05, 0.1) is 0 Å². The summed E-state index contributed by atoms with van der Waals surface area (Å²) in [5.41, 5.74) is -0.236. The average molecular weight is 318 g/mol. The Hall–Kier alpha value is -1.38. The summed E-state index contributed by atoms with van der Waals surface area (Å²) in [5.74, 6) is 0.415. The molecule has 0 aromatic heterocycles. The molecule has 1 aromatic carbocycles. The molecule has 0 saturated carbocycles. The van der Waals surface area contributed by atoms with Crippen LogP contribution in [0, 0.1) is 0 Å². The lowest BCUT2D eigenvalue weighted by atomic mass is 10.1. The number of rotatable bonds is 3. The second kappa shape index (κ2) is 6.59. The molecule has 8 heteroatoms. The first-order valence-corrected chi connectivity index (χ1v) is 7.01. The monoisotopic (exact) mass is 318 g/mol. The summed E-state index contributed by atoms with van der Waals surface area (Å²) in [5, 5.41) is 9.56. The van der Waals surface area contributed by atoms with Crippen LogP contribution in [0.3, 0.4) is 0 Å². The molecule has 2 rings (SSSR count). The van der Waals surface area contributed by atoms with Crippen LogP contribution in [0.25, 0.3) is 0 Å². The number of hydrogen-bond donors (Lipinski definition) is 1. The second-order valence-electron chi connectivity index (χ2n) is 4.25. The SMILES string of the molecule is COC1C(C(F)(F)F)=NC(SCc2ccccc2)=NC1O. The van der Waals surface area contributed by atoms with Crippen LogP contribution in [0.4, 0.5) is 13.2 Å². The highest BCUT2D eigenvalue weighted by Crippen LogP contribution is 2.28. The van der Waals surface area contributed by atoms with E-state index in [1.807, 2.05) is 30.3 Å². The van der Waals surface area contributed by atoms with Crippen LogP contribution >= 0.6 is 11.8 Å². The second-order valence-corrected chi connectivity index (χ2v) is 5.19. The van der Waals surface area contributed by atoms with Crippen molar-refractivity contribution >= 4 is 22.6 Å². The third-order valence-corrected chi connectivity index (χ3v) is 3.69. The molecule has 0 bridgehead atoms. The third kappa shape index (κ3) is 4.05. The van der Waals surface area contributed by atoms with Gasteiger partial charge >= 0.3 is 6.18 Å². The Morgan fingerprint density at radius 1 is 1.29 bits per heavy atom. The number of hydrogen-bond acceptors (Lipinski definition) is 5. The van der Waals surface area contributed by atoms with Crippen molar-refractivity contribution in [1.82, 2.24) is 0 Å². The van der Waals surface area contributed by atoms with E-state index in [2.05, 4.69) is 14.7 Å². The summed E-state index contributed by atoms with van der Waals surface area (Å²) in [6.45, 7) is 0. The van der Waals surface area contributed by atoms with Gasteiger partial charge in [-0.3, -0.25) is 0 Å². The molecule has 0 amide bonds. The number of aliphatic imine (C=N–C) groups is 2. The van der Waals surface area contributed by atoms with Gasteiger partial charge in [0, 0.05) is 12.9 Å². The van der Waals surface area contributed by atoms with Crippen molar-refractivity contribution < 1.29 is 23.0 Å². The number of aliphatic hydroxyl groups excluding tert-OH is 1. The molecule has 4 nitrogen and oxygen atoms in total. The molecule has 1 heterocycles. The van der Waals surface area contributed by atoms with Gasteiger partial charge in [-0.15, -0.1) is 0 Å². The van der Waals surface area contributed by atoms with Crippen molar-refractivity contribution in [2.24, 2.45) is 9.98 Å². The van der Waals surface area contributed by atoms with E-state index in [1.165, 1.54) is 0 Å². The first kappa shape index (κ1) is 16.0. The number of thioether (sulfide) groups is 1. The molecule has 21 heavy (non-hydrogen) atoms. The van der Waals surface area contributed by atoms with E-state index in [4.69, 9.17) is 0 Å². The van der Waals surface area contributed by atoms with E-state index in [1.54, 1.807) is 0 Å². The van der Waals surface area contributed by atoms with Crippen LogP contribution in [0.5, 0.6) is 0 Å². The molecule has 0 spiro atoms. The first-order chi connectivity index (χ1) is 9.91. The highest BCUT2D eigenvalue weighted by atomic mass is 32.2. The van der Waals surface area contributed by atoms with Gasteiger partial charge in [0.1, 0.15) is 0 Å². The molecular weight excluding hydrogens is 305 g/mol. The molecule has 0 radical (unpaired) electrons. The van der Waals surface area contributed by atoms with Gasteiger partial charge in [0.2, 0.25) is 0 Å². The minimum Gasteiger partial charge on any atom is -0.370 e. The van der Waals surface area contributed by atoms with Gasteiger partial charge in [-0.2, -0.15) is 13.2 Å². The first-order valence-electron chi connectivity index (χ1n) is 6.03. The summed E-state index contributed by atoms with van der Waals surface area (Å²) >= 11 is 1.03. The number of amidine groups is 1. The Balaban J connectivity index is 2.14. The molecule has 1 aromatic rings. The van der Waals surface area contributed by atoms with Gasteiger partial charge in [-0.25, -0.2) is 9.98 Å². The Labute approximate surface area is 123 Å². The van der Waals surface area contributed by atoms with Crippen molar-refractivity contribution in [2.45, 2.75) is 24.3 Å². The minimum absolute atomic E-state index is 0.105. The Bertz CT molecular complexity index is 546. The van der Waals surface area contributed by atoms with E-state index in [-0.39, 0.29) is 5.17 Å². The smallest absolute Gasteiger partial charge is 0.370 e. The molecule has 1 aliphatic heterocycles. The van der Waals surface area contributed by atoms with E-state index < -0.39 is 24.2 Å². The van der Waals surface area contributed by atoms with Gasteiger partial charge in [-0.05, 0) is 5.56 Å². The number of benzene rings is 1. The quantitative estimate of drug-likeness (QED) is 0.932. The van der Waals surface area contributed by atoms with Gasteiger partial charge < -0.3 is 9.84 Å². The van der Waals surface area contributed by atoms with Gasteiger partial charge in [-0.1, -0.05) is 42.1 Å². The lowest BCUT2D eigenvalue weighted by Gasteiger charge is -2.26. The van der Waals surface area contributed by atoms with Crippen molar-refractivity contribution in [1.29, 1.82) is 0 Å². The standard InChI is InChI=1S/C13H13F3N2O2S/c1-20-9-10(13(14,15)16)17-12(18-11(9)19)21-7-8-5-3-2-4-6-8/h2-6,9,11,19H,7H2,1H3. The fraction of sp³-hybridized carbons (Fsp3) is 0.385. The predicted molar refractivity (Wildman–Crippen MR) is 75.5 cm³/mol. The molecule has 2 atom stereocenters. The number of nitrogens with zero attached hydrogens (tertiary/aromatic N) is 2. The van der Waals surface area contributed by atoms with Crippen molar-refractivity contribution in [2.75, 3.05) is 7.11 Å². The van der Waals surface area contributed by atoms with Gasteiger partial charge in [0.25, 0.3) is 0 Å². The summed E-state index contributed by atoms with van der Waals surface area (Å²) in [6, 6.07) is 9.20. The summed E-state index contributed by atoms with van der Waals surface area (Å²) < 4.78 is 43.3. The van der Waals surface area contributed by atoms with Gasteiger partial charge in [0.15, 0.2) is 23.2 Å².